The Kier molecular flexibility index (Phi) is 3.25. The first kappa shape index (κ1) is 12.6. The van der Waals surface area contributed by atoms with E-state index in [-0.39, 0.29) is 17.9 Å². The molecule has 5 atom stereocenters. The topological polar surface area (TPSA) is 54.9 Å². The van der Waals surface area contributed by atoms with Gasteiger partial charge in [-0.15, -0.1) is 0 Å². The number of amides is 1. The third-order valence-corrected chi connectivity index (χ3v) is 5.02. The average molecular weight is 259 g/mol. The maximum Gasteiger partial charge on any atom is 0.224 e. The Balaban J connectivity index is 1.66. The lowest BCUT2D eigenvalue weighted by Gasteiger charge is -2.28. The van der Waals surface area contributed by atoms with Gasteiger partial charge in [-0.1, -0.05) is 6.92 Å². The van der Waals surface area contributed by atoms with Crippen LogP contribution in [0.2, 0.25) is 0 Å². The zero-order chi connectivity index (χ0) is 13.4. The highest BCUT2D eigenvalue weighted by atomic mass is 16.2. The largest absolute Gasteiger partial charge is 0.348 e. The van der Waals surface area contributed by atoms with Gasteiger partial charge in [0.05, 0.1) is 17.9 Å². The number of aromatic nitrogens is 2. The lowest BCUT2D eigenvalue weighted by molar-refractivity contribution is -0.128. The van der Waals surface area contributed by atoms with Gasteiger partial charge in [-0.05, 0) is 43.9 Å². The number of nitrogens with zero attached hydrogens (tertiary/aromatic N) is 2. The highest BCUT2D eigenvalue weighted by Gasteiger charge is 2.48. The lowest BCUT2D eigenvalue weighted by Crippen LogP contribution is -2.38. The van der Waals surface area contributed by atoms with Gasteiger partial charge >= 0.3 is 0 Å². The molecule has 0 aromatic carbocycles. The fourth-order valence-electron chi connectivity index (χ4n) is 3.95. The monoisotopic (exact) mass is 259 g/mol. The maximum atomic E-state index is 12.5. The molecule has 102 valence electrons. The molecule has 4 nitrogen and oxygen atoms in total. The van der Waals surface area contributed by atoms with Crippen molar-refractivity contribution in [1.29, 1.82) is 0 Å². The summed E-state index contributed by atoms with van der Waals surface area (Å²) < 4.78 is 0. The SMILES string of the molecule is C[C@@H]1[C@H]2CC[C@H](C2)[C@H]1C(=O)N[C@H](C)c1cnccn1. The van der Waals surface area contributed by atoms with Crippen molar-refractivity contribution in [3.05, 3.63) is 24.3 Å². The van der Waals surface area contributed by atoms with Gasteiger partial charge in [-0.25, -0.2) is 0 Å². The molecular formula is C15H21N3O. The molecule has 2 aliphatic carbocycles. The quantitative estimate of drug-likeness (QED) is 0.906. The van der Waals surface area contributed by atoms with E-state index in [0.717, 1.165) is 11.6 Å². The highest BCUT2D eigenvalue weighted by molar-refractivity contribution is 5.80. The van der Waals surface area contributed by atoms with E-state index >= 15 is 0 Å². The summed E-state index contributed by atoms with van der Waals surface area (Å²) in [5.41, 5.74) is 0.826. The van der Waals surface area contributed by atoms with E-state index < -0.39 is 0 Å². The number of nitrogens with one attached hydrogen (secondary N) is 1. The van der Waals surface area contributed by atoms with Gasteiger partial charge in [0, 0.05) is 18.3 Å². The molecule has 0 unspecified atom stereocenters. The van der Waals surface area contributed by atoms with Crippen molar-refractivity contribution >= 4 is 5.91 Å². The number of hydrogen-bond acceptors (Lipinski definition) is 3. The van der Waals surface area contributed by atoms with Crippen molar-refractivity contribution in [1.82, 2.24) is 15.3 Å². The molecule has 0 saturated heterocycles. The first-order chi connectivity index (χ1) is 9.16. The fourth-order valence-corrected chi connectivity index (χ4v) is 3.95. The van der Waals surface area contributed by atoms with Crippen LogP contribution in [-0.4, -0.2) is 15.9 Å². The van der Waals surface area contributed by atoms with E-state index in [1.807, 2.05) is 6.92 Å². The van der Waals surface area contributed by atoms with Crippen LogP contribution in [0.25, 0.3) is 0 Å². The van der Waals surface area contributed by atoms with Gasteiger partial charge in [0.25, 0.3) is 0 Å². The second kappa shape index (κ2) is 4.91. The third kappa shape index (κ3) is 2.24. The van der Waals surface area contributed by atoms with Crippen LogP contribution < -0.4 is 5.32 Å². The third-order valence-electron chi connectivity index (χ3n) is 5.02. The molecule has 1 aromatic heterocycles. The van der Waals surface area contributed by atoms with E-state index in [1.165, 1.54) is 19.3 Å². The smallest absolute Gasteiger partial charge is 0.224 e. The van der Waals surface area contributed by atoms with Crippen molar-refractivity contribution in [3.63, 3.8) is 0 Å². The maximum absolute atomic E-state index is 12.5. The second-order valence-corrected chi connectivity index (χ2v) is 6.08. The molecule has 0 spiro atoms. The number of fused-ring (bicyclic) bond motifs is 2. The van der Waals surface area contributed by atoms with Crippen molar-refractivity contribution in [3.8, 4) is 0 Å². The summed E-state index contributed by atoms with van der Waals surface area (Å²) in [7, 11) is 0. The van der Waals surface area contributed by atoms with Crippen LogP contribution in [0.4, 0.5) is 0 Å². The summed E-state index contributed by atoms with van der Waals surface area (Å²) in [6.45, 7) is 4.21. The normalized spacial score (nSPS) is 34.2. The van der Waals surface area contributed by atoms with Crippen molar-refractivity contribution < 1.29 is 4.79 Å². The van der Waals surface area contributed by atoms with Gasteiger partial charge in [0.15, 0.2) is 0 Å². The zero-order valence-electron chi connectivity index (χ0n) is 11.5. The molecule has 1 N–H and O–H groups in total. The molecule has 4 heteroatoms. The number of carbonyl (C=O) groups excluding carboxylic acids is 1. The van der Waals surface area contributed by atoms with E-state index in [4.69, 9.17) is 0 Å². The van der Waals surface area contributed by atoms with Crippen LogP contribution in [0.15, 0.2) is 18.6 Å². The molecule has 0 aliphatic heterocycles. The minimum atomic E-state index is -0.0625. The summed E-state index contributed by atoms with van der Waals surface area (Å²) in [5, 5.41) is 3.11. The van der Waals surface area contributed by atoms with Crippen LogP contribution >= 0.6 is 0 Å². The Labute approximate surface area is 114 Å². The van der Waals surface area contributed by atoms with Crippen LogP contribution in [-0.2, 0) is 4.79 Å². The molecule has 3 rings (SSSR count). The zero-order valence-corrected chi connectivity index (χ0v) is 11.5. The van der Waals surface area contributed by atoms with E-state index in [2.05, 4.69) is 22.2 Å². The van der Waals surface area contributed by atoms with Crippen LogP contribution in [0, 0.1) is 23.7 Å². The number of rotatable bonds is 3. The second-order valence-electron chi connectivity index (χ2n) is 6.08. The molecule has 1 heterocycles. The summed E-state index contributed by atoms with van der Waals surface area (Å²) in [6.07, 6.45) is 8.82. The Morgan fingerprint density at radius 1 is 1.37 bits per heavy atom. The van der Waals surface area contributed by atoms with Crippen molar-refractivity contribution in [2.24, 2.45) is 23.7 Å². The molecule has 2 aliphatic rings. The molecule has 0 radical (unpaired) electrons. The lowest BCUT2D eigenvalue weighted by atomic mass is 9.80. The number of carbonyl (C=O) groups is 1. The predicted octanol–water partition coefficient (Wildman–Crippen LogP) is 2.34. The van der Waals surface area contributed by atoms with E-state index in [9.17, 15) is 4.79 Å². The molecule has 19 heavy (non-hydrogen) atoms. The minimum absolute atomic E-state index is 0.0625. The highest BCUT2D eigenvalue weighted by Crippen LogP contribution is 2.52. The van der Waals surface area contributed by atoms with E-state index in [0.29, 0.717) is 11.8 Å². The van der Waals surface area contributed by atoms with Crippen LogP contribution in [0.5, 0.6) is 0 Å². The summed E-state index contributed by atoms with van der Waals surface area (Å²) in [6, 6.07) is -0.0625. The fraction of sp³-hybridized carbons (Fsp3) is 0.667. The van der Waals surface area contributed by atoms with Gasteiger partial charge in [-0.3, -0.25) is 14.8 Å². The molecule has 2 saturated carbocycles. The first-order valence-corrected chi connectivity index (χ1v) is 7.23. The molecule has 2 fully saturated rings. The predicted molar refractivity (Wildman–Crippen MR) is 72.1 cm³/mol. The van der Waals surface area contributed by atoms with Crippen LogP contribution in [0.3, 0.4) is 0 Å². The van der Waals surface area contributed by atoms with Crippen LogP contribution in [0.1, 0.15) is 44.8 Å². The molecule has 1 amide bonds. The molecular weight excluding hydrogens is 238 g/mol. The Bertz CT molecular complexity index is 460. The Hall–Kier alpha value is -1.45. The summed E-state index contributed by atoms with van der Waals surface area (Å²) in [5.74, 6) is 2.32. The Morgan fingerprint density at radius 2 is 2.16 bits per heavy atom. The van der Waals surface area contributed by atoms with Gasteiger partial charge in [-0.2, -0.15) is 0 Å². The van der Waals surface area contributed by atoms with Gasteiger partial charge in [0.2, 0.25) is 5.91 Å². The first-order valence-electron chi connectivity index (χ1n) is 7.23. The van der Waals surface area contributed by atoms with Gasteiger partial charge < -0.3 is 5.32 Å². The summed E-state index contributed by atoms with van der Waals surface area (Å²) in [4.78, 5) is 20.8. The number of hydrogen-bond donors (Lipinski definition) is 1. The minimum Gasteiger partial charge on any atom is -0.348 e. The van der Waals surface area contributed by atoms with Crippen molar-refractivity contribution in [2.45, 2.75) is 39.2 Å². The van der Waals surface area contributed by atoms with E-state index in [1.54, 1.807) is 18.6 Å². The average Bonchev–Trinajstić information content (AvgIpc) is 3.00. The van der Waals surface area contributed by atoms with Crippen molar-refractivity contribution in [2.75, 3.05) is 0 Å². The Morgan fingerprint density at radius 3 is 2.79 bits per heavy atom. The molecule has 1 aromatic rings. The summed E-state index contributed by atoms with van der Waals surface area (Å²) >= 11 is 0. The standard InChI is InChI=1S/C15H21N3O/c1-9-11-3-4-12(7-11)14(9)15(19)18-10(2)13-8-16-5-6-17-13/h5-6,8-12,14H,3-4,7H2,1-2H3,(H,18,19)/t9-,10-,11+,12-,14+/m1/s1. The molecule has 2 bridgehead atoms. The van der Waals surface area contributed by atoms with Gasteiger partial charge in [0.1, 0.15) is 0 Å².